The van der Waals surface area contributed by atoms with E-state index in [0.717, 1.165) is 51.6 Å². The number of likely N-dealkylation sites (tertiary alicyclic amines) is 1. The molecule has 1 saturated heterocycles. The number of aromatic nitrogens is 1. The third-order valence-electron chi connectivity index (χ3n) is 5.12. The average Bonchev–Trinajstić information content (AvgIpc) is 3.33. The highest BCUT2D eigenvalue weighted by Crippen LogP contribution is 2.17. The summed E-state index contributed by atoms with van der Waals surface area (Å²) in [5.74, 6) is 1.58. The molecule has 0 amide bonds. The predicted molar refractivity (Wildman–Crippen MR) is 110 cm³/mol. The van der Waals surface area contributed by atoms with Crippen molar-refractivity contribution in [2.24, 2.45) is 10.9 Å². The van der Waals surface area contributed by atoms with Gasteiger partial charge in [-0.25, -0.2) is 0 Å². The molecule has 3 rings (SSSR count). The van der Waals surface area contributed by atoms with E-state index in [1.165, 1.54) is 10.9 Å². The fourth-order valence-corrected chi connectivity index (χ4v) is 3.67. The number of hydrogen-bond donors (Lipinski definition) is 1. The molecule has 1 fully saturated rings. The SMILES string of the molecule is CN=C(NCCCn1ccc2ccccc21)N1CCC(COCCOC)C1. The van der Waals surface area contributed by atoms with E-state index < -0.39 is 0 Å². The average molecular weight is 373 g/mol. The number of methoxy groups -OCH3 is 1. The number of guanidine groups is 1. The van der Waals surface area contributed by atoms with Gasteiger partial charge in [0.05, 0.1) is 19.8 Å². The second kappa shape index (κ2) is 10.3. The number of ether oxygens (including phenoxy) is 2. The minimum Gasteiger partial charge on any atom is -0.382 e. The van der Waals surface area contributed by atoms with Gasteiger partial charge in [-0.05, 0) is 30.4 Å². The Hall–Kier alpha value is -2.05. The normalized spacial score (nSPS) is 17.8. The lowest BCUT2D eigenvalue weighted by Crippen LogP contribution is -2.40. The zero-order chi connectivity index (χ0) is 18.9. The van der Waals surface area contributed by atoms with Crippen molar-refractivity contribution in [2.45, 2.75) is 19.4 Å². The van der Waals surface area contributed by atoms with E-state index in [1.54, 1.807) is 7.11 Å². The van der Waals surface area contributed by atoms with Crippen molar-refractivity contribution in [1.82, 2.24) is 14.8 Å². The van der Waals surface area contributed by atoms with Gasteiger partial charge in [-0.15, -0.1) is 0 Å². The van der Waals surface area contributed by atoms with Crippen molar-refractivity contribution < 1.29 is 9.47 Å². The van der Waals surface area contributed by atoms with Crippen LogP contribution in [0.25, 0.3) is 10.9 Å². The van der Waals surface area contributed by atoms with E-state index in [4.69, 9.17) is 9.47 Å². The zero-order valence-corrected chi connectivity index (χ0v) is 16.6. The highest BCUT2D eigenvalue weighted by Gasteiger charge is 2.24. The Morgan fingerprint density at radius 2 is 2.15 bits per heavy atom. The van der Waals surface area contributed by atoms with Crippen molar-refractivity contribution in [3.8, 4) is 0 Å². The monoisotopic (exact) mass is 372 g/mol. The van der Waals surface area contributed by atoms with Gasteiger partial charge in [-0.1, -0.05) is 18.2 Å². The molecular weight excluding hydrogens is 340 g/mol. The first-order valence-corrected chi connectivity index (χ1v) is 9.88. The van der Waals surface area contributed by atoms with Crippen molar-refractivity contribution in [3.63, 3.8) is 0 Å². The van der Waals surface area contributed by atoms with E-state index >= 15 is 0 Å². The number of nitrogens with one attached hydrogen (secondary N) is 1. The molecule has 1 atom stereocenters. The quantitative estimate of drug-likeness (QED) is 0.418. The predicted octanol–water partition coefficient (Wildman–Crippen LogP) is 2.59. The fraction of sp³-hybridized carbons (Fsp3) is 0.571. The zero-order valence-electron chi connectivity index (χ0n) is 16.6. The van der Waals surface area contributed by atoms with Crippen LogP contribution in [0.2, 0.25) is 0 Å². The Labute approximate surface area is 162 Å². The van der Waals surface area contributed by atoms with E-state index in [2.05, 4.69) is 56.3 Å². The first kappa shape index (κ1) is 19.7. The van der Waals surface area contributed by atoms with Crippen molar-refractivity contribution in [2.75, 3.05) is 53.6 Å². The number of hydrogen-bond acceptors (Lipinski definition) is 3. The smallest absolute Gasteiger partial charge is 0.193 e. The first-order chi connectivity index (χ1) is 13.3. The summed E-state index contributed by atoms with van der Waals surface area (Å²) >= 11 is 0. The van der Waals surface area contributed by atoms with Gasteiger partial charge in [-0.3, -0.25) is 4.99 Å². The minimum atomic E-state index is 0.576. The third kappa shape index (κ3) is 5.47. The largest absolute Gasteiger partial charge is 0.382 e. The lowest BCUT2D eigenvalue weighted by molar-refractivity contribution is 0.0536. The molecule has 1 aromatic heterocycles. The van der Waals surface area contributed by atoms with Crippen molar-refractivity contribution >= 4 is 16.9 Å². The minimum absolute atomic E-state index is 0.576. The summed E-state index contributed by atoms with van der Waals surface area (Å²) in [6, 6.07) is 10.7. The Balaban J connectivity index is 1.38. The number of nitrogens with zero attached hydrogens (tertiary/aromatic N) is 3. The maximum atomic E-state index is 5.68. The van der Waals surface area contributed by atoms with Crippen molar-refractivity contribution in [1.29, 1.82) is 0 Å². The van der Waals surface area contributed by atoms with Gasteiger partial charge in [-0.2, -0.15) is 0 Å². The van der Waals surface area contributed by atoms with Gasteiger partial charge in [0.1, 0.15) is 0 Å². The summed E-state index contributed by atoms with van der Waals surface area (Å²) in [4.78, 5) is 6.81. The number of benzene rings is 1. The Kier molecular flexibility index (Phi) is 7.54. The van der Waals surface area contributed by atoms with Crippen LogP contribution < -0.4 is 5.32 Å². The molecule has 0 aliphatic carbocycles. The number of para-hydroxylation sites is 1. The van der Waals surface area contributed by atoms with Crippen LogP contribution in [0.1, 0.15) is 12.8 Å². The van der Waals surface area contributed by atoms with Crippen LogP contribution >= 0.6 is 0 Å². The highest BCUT2D eigenvalue weighted by molar-refractivity contribution is 5.80. The molecule has 6 nitrogen and oxygen atoms in total. The molecule has 1 N–H and O–H groups in total. The fourth-order valence-electron chi connectivity index (χ4n) is 3.67. The lowest BCUT2D eigenvalue weighted by atomic mass is 10.1. The van der Waals surface area contributed by atoms with Crippen LogP contribution in [0.3, 0.4) is 0 Å². The maximum absolute atomic E-state index is 5.68. The van der Waals surface area contributed by atoms with Crippen LogP contribution in [0.5, 0.6) is 0 Å². The Morgan fingerprint density at radius 3 is 3.00 bits per heavy atom. The summed E-state index contributed by atoms with van der Waals surface area (Å²) in [5, 5.41) is 4.82. The van der Waals surface area contributed by atoms with Crippen LogP contribution in [0.15, 0.2) is 41.5 Å². The van der Waals surface area contributed by atoms with Gasteiger partial charge >= 0.3 is 0 Å². The van der Waals surface area contributed by atoms with Gasteiger partial charge in [0.2, 0.25) is 0 Å². The van der Waals surface area contributed by atoms with E-state index in [1.807, 2.05) is 7.05 Å². The topological polar surface area (TPSA) is 51.0 Å². The number of aliphatic imine (C=N–C) groups is 1. The van der Waals surface area contributed by atoms with Gasteiger partial charge in [0.25, 0.3) is 0 Å². The summed E-state index contributed by atoms with van der Waals surface area (Å²) in [5.41, 5.74) is 1.30. The lowest BCUT2D eigenvalue weighted by Gasteiger charge is -2.22. The molecule has 2 aromatic rings. The highest BCUT2D eigenvalue weighted by atomic mass is 16.5. The second-order valence-electron chi connectivity index (χ2n) is 7.06. The molecule has 27 heavy (non-hydrogen) atoms. The second-order valence-corrected chi connectivity index (χ2v) is 7.06. The van der Waals surface area contributed by atoms with E-state index in [-0.39, 0.29) is 0 Å². The molecule has 0 bridgehead atoms. The molecule has 148 valence electrons. The molecular formula is C21H32N4O2. The third-order valence-corrected chi connectivity index (χ3v) is 5.12. The molecule has 1 aromatic carbocycles. The number of fused-ring (bicyclic) bond motifs is 1. The molecule has 1 aliphatic rings. The Morgan fingerprint density at radius 1 is 1.26 bits per heavy atom. The van der Waals surface area contributed by atoms with Gasteiger partial charge < -0.3 is 24.3 Å². The standard InChI is InChI=1S/C21H32N4O2/c1-22-21(25-12-8-18(16-25)17-27-15-14-26-2)23-10-5-11-24-13-9-19-6-3-4-7-20(19)24/h3-4,6-7,9,13,18H,5,8,10-12,14-17H2,1-2H3,(H,22,23). The summed E-state index contributed by atoms with van der Waals surface area (Å²) in [6.07, 6.45) is 4.40. The van der Waals surface area contributed by atoms with Crippen LogP contribution in [-0.4, -0.2) is 69.0 Å². The number of rotatable bonds is 9. The van der Waals surface area contributed by atoms with Gasteiger partial charge in [0, 0.05) is 58.0 Å². The number of aryl methyl sites for hydroxylation is 1. The van der Waals surface area contributed by atoms with Gasteiger partial charge in [0.15, 0.2) is 5.96 Å². The van der Waals surface area contributed by atoms with Crippen LogP contribution in [-0.2, 0) is 16.0 Å². The summed E-state index contributed by atoms with van der Waals surface area (Å²) < 4.78 is 13.0. The first-order valence-electron chi connectivity index (χ1n) is 9.88. The molecule has 2 heterocycles. The Bertz CT molecular complexity index is 728. The van der Waals surface area contributed by atoms with E-state index in [9.17, 15) is 0 Å². The van der Waals surface area contributed by atoms with Crippen LogP contribution in [0.4, 0.5) is 0 Å². The molecule has 1 aliphatic heterocycles. The molecule has 1 unspecified atom stereocenters. The molecule has 6 heteroatoms. The molecule has 0 saturated carbocycles. The van der Waals surface area contributed by atoms with E-state index in [0.29, 0.717) is 19.1 Å². The molecule has 0 spiro atoms. The summed E-state index contributed by atoms with van der Waals surface area (Å²) in [7, 11) is 3.57. The molecule has 0 radical (unpaired) electrons. The summed E-state index contributed by atoms with van der Waals surface area (Å²) in [6.45, 7) is 6.12. The van der Waals surface area contributed by atoms with Crippen molar-refractivity contribution in [3.05, 3.63) is 36.5 Å². The van der Waals surface area contributed by atoms with Crippen LogP contribution in [0, 0.1) is 5.92 Å². The maximum Gasteiger partial charge on any atom is 0.193 e.